The van der Waals surface area contributed by atoms with Crippen LogP contribution in [0.25, 0.3) is 10.7 Å². The van der Waals surface area contributed by atoms with Crippen LogP contribution < -0.4 is 5.32 Å². The number of carbonyl (C=O) groups excluding carboxylic acids is 1. The first-order valence-corrected chi connectivity index (χ1v) is 12.5. The third-order valence-electron chi connectivity index (χ3n) is 6.81. The van der Waals surface area contributed by atoms with Gasteiger partial charge in [0.05, 0.1) is 5.69 Å². The summed E-state index contributed by atoms with van der Waals surface area (Å²) in [7, 11) is 0. The first-order valence-electron chi connectivity index (χ1n) is 11.6. The summed E-state index contributed by atoms with van der Waals surface area (Å²) in [5.41, 5.74) is 0.986. The van der Waals surface area contributed by atoms with Gasteiger partial charge in [0.25, 0.3) is 0 Å². The van der Waals surface area contributed by atoms with Gasteiger partial charge in [-0.15, -0.1) is 21.5 Å². The van der Waals surface area contributed by atoms with Gasteiger partial charge in [0.1, 0.15) is 22.3 Å². The Balaban J connectivity index is 1.18. The highest BCUT2D eigenvalue weighted by atomic mass is 32.1. The highest BCUT2D eigenvalue weighted by Gasteiger charge is 2.41. The number of hydrogen-bond donors (Lipinski definition) is 1. The summed E-state index contributed by atoms with van der Waals surface area (Å²) >= 11 is 1.62. The number of anilines is 1. The van der Waals surface area contributed by atoms with Crippen LogP contribution in [0.3, 0.4) is 0 Å². The van der Waals surface area contributed by atoms with Crippen molar-refractivity contribution in [3.63, 3.8) is 0 Å². The van der Waals surface area contributed by atoms with Crippen LogP contribution in [0, 0.1) is 5.82 Å². The SMILES string of the molecule is CC(=O)N1CCN(Cc2cnc(-c3ccc(NCC4(c5ncccc5F)CCC4)nn3)s2)CC1. The number of pyridine rings is 1. The van der Waals surface area contributed by atoms with Crippen LogP contribution >= 0.6 is 11.3 Å². The molecule has 178 valence electrons. The summed E-state index contributed by atoms with van der Waals surface area (Å²) in [6.07, 6.45) is 6.44. The Kier molecular flexibility index (Phi) is 6.51. The highest BCUT2D eigenvalue weighted by molar-refractivity contribution is 7.14. The van der Waals surface area contributed by atoms with Gasteiger partial charge in [-0.2, -0.15) is 0 Å². The molecule has 5 rings (SSSR count). The van der Waals surface area contributed by atoms with Gasteiger partial charge in [0, 0.05) is 68.9 Å². The Morgan fingerprint density at radius 3 is 2.62 bits per heavy atom. The molecule has 1 amide bonds. The normalized spacial score (nSPS) is 17.9. The Labute approximate surface area is 202 Å². The summed E-state index contributed by atoms with van der Waals surface area (Å²) in [6, 6.07) is 6.91. The summed E-state index contributed by atoms with van der Waals surface area (Å²) in [5, 5.41) is 12.9. The molecule has 3 aromatic heterocycles. The lowest BCUT2D eigenvalue weighted by Crippen LogP contribution is -2.47. The van der Waals surface area contributed by atoms with Crippen LogP contribution in [-0.2, 0) is 16.8 Å². The van der Waals surface area contributed by atoms with E-state index in [0.29, 0.717) is 18.1 Å². The molecule has 2 aliphatic rings. The molecule has 0 bridgehead atoms. The van der Waals surface area contributed by atoms with Crippen molar-refractivity contribution in [2.45, 2.75) is 38.1 Å². The van der Waals surface area contributed by atoms with E-state index in [4.69, 9.17) is 0 Å². The summed E-state index contributed by atoms with van der Waals surface area (Å²) < 4.78 is 14.3. The smallest absolute Gasteiger partial charge is 0.219 e. The number of rotatable bonds is 7. The highest BCUT2D eigenvalue weighted by Crippen LogP contribution is 2.43. The molecule has 0 aromatic carbocycles. The van der Waals surface area contributed by atoms with Crippen LogP contribution in [0.4, 0.5) is 10.2 Å². The van der Waals surface area contributed by atoms with Gasteiger partial charge in [-0.05, 0) is 37.1 Å². The predicted molar refractivity (Wildman–Crippen MR) is 129 cm³/mol. The van der Waals surface area contributed by atoms with Crippen molar-refractivity contribution in [1.82, 2.24) is 30.0 Å². The number of halogens is 1. The van der Waals surface area contributed by atoms with E-state index in [1.807, 2.05) is 23.2 Å². The maximum Gasteiger partial charge on any atom is 0.219 e. The fourth-order valence-corrected chi connectivity index (χ4v) is 5.54. The standard InChI is InChI=1S/C24H28FN7OS/c1-17(33)32-12-10-31(11-13-32)15-18-14-27-23(34-18)20-5-6-21(30-29-20)28-16-24(7-3-8-24)22-19(25)4-2-9-26-22/h2,4-6,9,14H,3,7-8,10-13,15-16H2,1H3,(H,28,30). The Hall–Kier alpha value is -2.98. The van der Waals surface area contributed by atoms with Crippen LogP contribution in [0.1, 0.15) is 36.8 Å². The lowest BCUT2D eigenvalue weighted by molar-refractivity contribution is -0.130. The van der Waals surface area contributed by atoms with Crippen LogP contribution in [0.5, 0.6) is 0 Å². The first kappa shape index (κ1) is 22.8. The molecule has 1 aliphatic carbocycles. The zero-order valence-electron chi connectivity index (χ0n) is 19.2. The number of amides is 1. The van der Waals surface area contributed by atoms with E-state index in [2.05, 4.69) is 30.4 Å². The molecule has 0 atom stereocenters. The van der Waals surface area contributed by atoms with Crippen molar-refractivity contribution in [2.75, 3.05) is 38.0 Å². The second kappa shape index (κ2) is 9.71. The van der Waals surface area contributed by atoms with E-state index in [9.17, 15) is 9.18 Å². The van der Waals surface area contributed by atoms with Crippen LogP contribution in [0.2, 0.25) is 0 Å². The number of carbonyl (C=O) groups is 1. The molecule has 4 heterocycles. The van der Waals surface area contributed by atoms with Gasteiger partial charge < -0.3 is 10.2 Å². The molecule has 10 heteroatoms. The van der Waals surface area contributed by atoms with Gasteiger partial charge in [0.2, 0.25) is 5.91 Å². The number of thiazole rings is 1. The van der Waals surface area contributed by atoms with E-state index in [0.717, 1.165) is 62.7 Å². The summed E-state index contributed by atoms with van der Waals surface area (Å²) in [6.45, 7) is 6.31. The summed E-state index contributed by atoms with van der Waals surface area (Å²) in [5.74, 6) is 0.556. The molecule has 0 unspecified atom stereocenters. The zero-order valence-corrected chi connectivity index (χ0v) is 20.0. The second-order valence-electron chi connectivity index (χ2n) is 9.04. The lowest BCUT2D eigenvalue weighted by Gasteiger charge is -2.41. The van der Waals surface area contributed by atoms with Crippen molar-refractivity contribution in [3.8, 4) is 10.7 Å². The van der Waals surface area contributed by atoms with Crippen molar-refractivity contribution in [3.05, 3.63) is 53.0 Å². The number of piperazine rings is 1. The molecule has 1 N–H and O–H groups in total. The fourth-order valence-electron chi connectivity index (χ4n) is 4.62. The molecular weight excluding hydrogens is 453 g/mol. The maximum absolute atomic E-state index is 14.3. The van der Waals surface area contributed by atoms with E-state index in [-0.39, 0.29) is 17.1 Å². The minimum absolute atomic E-state index is 0.142. The topological polar surface area (TPSA) is 87.1 Å². The average Bonchev–Trinajstić information content (AvgIpc) is 3.28. The van der Waals surface area contributed by atoms with Crippen molar-refractivity contribution < 1.29 is 9.18 Å². The molecule has 3 aromatic rings. The van der Waals surface area contributed by atoms with Gasteiger partial charge in [-0.1, -0.05) is 6.42 Å². The van der Waals surface area contributed by atoms with Crippen molar-refractivity contribution >= 4 is 23.1 Å². The molecule has 0 spiro atoms. The lowest BCUT2D eigenvalue weighted by atomic mass is 9.66. The van der Waals surface area contributed by atoms with Gasteiger partial charge in [-0.3, -0.25) is 14.7 Å². The third kappa shape index (κ3) is 4.78. The van der Waals surface area contributed by atoms with Gasteiger partial charge in [-0.25, -0.2) is 9.37 Å². The number of nitrogens with zero attached hydrogens (tertiary/aromatic N) is 6. The number of hydrogen-bond acceptors (Lipinski definition) is 8. The third-order valence-corrected chi connectivity index (χ3v) is 7.82. The van der Waals surface area contributed by atoms with Crippen LogP contribution in [0.15, 0.2) is 36.7 Å². The van der Waals surface area contributed by atoms with Crippen LogP contribution in [-0.4, -0.2) is 68.6 Å². The monoisotopic (exact) mass is 481 g/mol. The first-order chi connectivity index (χ1) is 16.5. The number of aromatic nitrogens is 4. The molecule has 1 saturated heterocycles. The van der Waals surface area contributed by atoms with Gasteiger partial charge >= 0.3 is 0 Å². The Morgan fingerprint density at radius 1 is 1.15 bits per heavy atom. The van der Waals surface area contributed by atoms with E-state index in [1.165, 1.54) is 10.9 Å². The minimum atomic E-state index is -0.286. The zero-order chi connectivity index (χ0) is 23.5. The molecule has 8 nitrogen and oxygen atoms in total. The van der Waals surface area contributed by atoms with E-state index < -0.39 is 0 Å². The summed E-state index contributed by atoms with van der Waals surface area (Å²) in [4.78, 5) is 25.7. The van der Waals surface area contributed by atoms with E-state index in [1.54, 1.807) is 30.5 Å². The molecular formula is C24H28FN7OS. The largest absolute Gasteiger partial charge is 0.368 e. The molecule has 34 heavy (non-hydrogen) atoms. The molecule has 1 aliphatic heterocycles. The quantitative estimate of drug-likeness (QED) is 0.554. The molecule has 0 radical (unpaired) electrons. The molecule has 2 fully saturated rings. The van der Waals surface area contributed by atoms with Gasteiger partial charge in [0.15, 0.2) is 0 Å². The fraction of sp³-hybridized carbons (Fsp3) is 0.458. The van der Waals surface area contributed by atoms with Crippen molar-refractivity contribution in [2.24, 2.45) is 0 Å². The molecule has 1 saturated carbocycles. The average molecular weight is 482 g/mol. The Bertz CT molecular complexity index is 1140. The minimum Gasteiger partial charge on any atom is -0.368 e. The second-order valence-corrected chi connectivity index (χ2v) is 10.2. The van der Waals surface area contributed by atoms with E-state index >= 15 is 0 Å². The van der Waals surface area contributed by atoms with Crippen molar-refractivity contribution in [1.29, 1.82) is 0 Å². The number of nitrogens with one attached hydrogen (secondary N) is 1. The maximum atomic E-state index is 14.3. The predicted octanol–water partition coefficient (Wildman–Crippen LogP) is 3.33. The Morgan fingerprint density at radius 2 is 1.97 bits per heavy atom.